The molecule has 0 rings (SSSR count). The molecule has 0 fully saturated rings. The summed E-state index contributed by atoms with van der Waals surface area (Å²) in [5.74, 6) is 0. The van der Waals surface area contributed by atoms with Crippen LogP contribution < -0.4 is 0 Å². The van der Waals surface area contributed by atoms with E-state index in [-0.39, 0.29) is 19.8 Å². The second kappa shape index (κ2) is 9.83. The molecular weight excluding hydrogens is 244 g/mol. The minimum absolute atomic E-state index is 0. The van der Waals surface area contributed by atoms with Crippen LogP contribution in [0.15, 0.2) is 0 Å². The van der Waals surface area contributed by atoms with Crippen LogP contribution in [-0.4, -0.2) is 0 Å². The SMILES string of the molecule is FOF.[Os]. The third-order valence-electron chi connectivity index (χ3n) is 0. The van der Waals surface area contributed by atoms with Crippen molar-refractivity contribution in [1.82, 2.24) is 0 Å². The first-order chi connectivity index (χ1) is 1.41. The van der Waals surface area contributed by atoms with Gasteiger partial charge in [0.2, 0.25) is 0 Å². The second-order valence-corrected chi connectivity index (χ2v) is 0.0583. The Bertz CT molecular complexity index is 6.00. The van der Waals surface area contributed by atoms with Gasteiger partial charge in [-0.25, -0.2) is 0 Å². The number of rotatable bonds is 0. The molecule has 0 aromatic carbocycles. The Balaban J connectivity index is 0. The smallest absolute Gasteiger partial charge is 0.0104 e. The van der Waals surface area contributed by atoms with Crippen molar-refractivity contribution >= 4 is 0 Å². The summed E-state index contributed by atoms with van der Waals surface area (Å²) in [5.41, 5.74) is 0. The molecule has 0 aromatic rings. The van der Waals surface area contributed by atoms with E-state index in [0.717, 1.165) is 0 Å². The predicted molar refractivity (Wildman–Crippen MR) is 3.30 cm³/mol. The van der Waals surface area contributed by atoms with Crippen molar-refractivity contribution in [3.63, 3.8) is 0 Å². The summed E-state index contributed by atoms with van der Waals surface area (Å²) in [5, 5.41) is 1.25. The van der Waals surface area contributed by atoms with Crippen molar-refractivity contribution in [3.05, 3.63) is 0 Å². The Morgan fingerprint density at radius 2 is 1.25 bits per heavy atom. The van der Waals surface area contributed by atoms with Crippen LogP contribution in [0.2, 0.25) is 0 Å². The molecule has 0 saturated carbocycles. The van der Waals surface area contributed by atoms with Crippen LogP contribution in [0.5, 0.6) is 0 Å². The summed E-state index contributed by atoms with van der Waals surface area (Å²) in [4.78, 5) is 0. The molecule has 0 aliphatic rings. The normalized spacial score (nSPS) is 4.50. The molecule has 0 radical (unpaired) electrons. The molecule has 28 valence electrons. The standard InChI is InChI=1S/F2O.Os/c1-3-2;. The van der Waals surface area contributed by atoms with E-state index in [4.69, 9.17) is 9.05 Å². The molecule has 0 heterocycles. The summed E-state index contributed by atoms with van der Waals surface area (Å²) in [7, 11) is 0. The van der Waals surface area contributed by atoms with Crippen molar-refractivity contribution in [1.29, 1.82) is 0 Å². The molecular formula is F2OOs. The average molecular weight is 244 g/mol. The van der Waals surface area contributed by atoms with Gasteiger partial charge in [0, 0.05) is 24.9 Å². The molecule has 0 amide bonds. The Hall–Kier alpha value is 0.456. The summed E-state index contributed by atoms with van der Waals surface area (Å²) in [6.07, 6.45) is 0. The molecule has 1 nitrogen and oxygen atoms in total. The van der Waals surface area contributed by atoms with Crippen LogP contribution in [0.4, 0.5) is 9.05 Å². The topological polar surface area (TPSA) is 9.23 Å². The van der Waals surface area contributed by atoms with E-state index in [2.05, 4.69) is 0 Å². The van der Waals surface area contributed by atoms with Crippen molar-refractivity contribution in [2.45, 2.75) is 0 Å². The molecule has 4 heteroatoms. The van der Waals surface area contributed by atoms with E-state index in [0.29, 0.717) is 0 Å². The fraction of sp³-hybridized carbons (Fsp3) is 0. The molecule has 0 spiro atoms. The van der Waals surface area contributed by atoms with Crippen molar-refractivity contribution in [3.8, 4) is 0 Å². The van der Waals surface area contributed by atoms with Crippen LogP contribution in [0.3, 0.4) is 0 Å². The van der Waals surface area contributed by atoms with E-state index in [9.17, 15) is 0 Å². The predicted octanol–water partition coefficient (Wildman–Crippen LogP) is 0.770. The summed E-state index contributed by atoms with van der Waals surface area (Å²) < 4.78 is 18.2. The third-order valence-corrected chi connectivity index (χ3v) is 0. The van der Waals surface area contributed by atoms with Gasteiger partial charge in [0.1, 0.15) is 0 Å². The fourth-order valence-corrected chi connectivity index (χ4v) is 0. The second-order valence-electron chi connectivity index (χ2n) is 0.0583. The maximum atomic E-state index is 9.12. The van der Waals surface area contributed by atoms with E-state index >= 15 is 0 Å². The molecule has 0 aliphatic heterocycles. The number of hydrogen-bond donors (Lipinski definition) is 0. The van der Waals surface area contributed by atoms with Crippen LogP contribution in [0, 0.1) is 0 Å². The van der Waals surface area contributed by atoms with Gasteiger partial charge >= 0.3 is 0 Å². The maximum absolute atomic E-state index is 9.12. The zero-order valence-corrected chi connectivity index (χ0v) is 4.06. The molecule has 4 heavy (non-hydrogen) atoms. The van der Waals surface area contributed by atoms with E-state index in [1.165, 1.54) is 5.15 Å². The molecule has 0 atom stereocenters. The van der Waals surface area contributed by atoms with E-state index in [1.54, 1.807) is 0 Å². The first-order valence-electron chi connectivity index (χ1n) is 0.309. The number of halogens is 2. The zero-order chi connectivity index (χ0) is 2.71. The minimum Gasteiger partial charge on any atom is -0.0104 e. The van der Waals surface area contributed by atoms with Gasteiger partial charge in [-0.1, -0.05) is 0 Å². The first kappa shape index (κ1) is 8.82. The van der Waals surface area contributed by atoms with Gasteiger partial charge in [-0.3, -0.25) is 0 Å². The zero-order valence-electron chi connectivity index (χ0n) is 1.52. The molecule has 0 saturated heterocycles. The maximum Gasteiger partial charge on any atom is 0.0209 e. The summed E-state index contributed by atoms with van der Waals surface area (Å²) >= 11 is 0. The minimum atomic E-state index is 0. The number of hydrogen-bond acceptors (Lipinski definition) is 1. The quantitative estimate of drug-likeness (QED) is 0.611. The Labute approximate surface area is 34.8 Å². The third kappa shape index (κ3) is 25.0. The fourth-order valence-electron chi connectivity index (χ4n) is 0. The van der Waals surface area contributed by atoms with E-state index in [1.807, 2.05) is 0 Å². The van der Waals surface area contributed by atoms with Gasteiger partial charge in [-0.2, -0.15) is 0 Å². The van der Waals surface area contributed by atoms with Gasteiger partial charge in [-0.15, -0.1) is 0 Å². The van der Waals surface area contributed by atoms with Gasteiger partial charge in [0.15, 0.2) is 0 Å². The first-order valence-corrected chi connectivity index (χ1v) is 0.309. The molecule has 0 N–H and O–H groups in total. The van der Waals surface area contributed by atoms with Gasteiger partial charge in [0.05, 0.1) is 0 Å². The van der Waals surface area contributed by atoms with Crippen molar-refractivity contribution in [2.75, 3.05) is 0 Å². The van der Waals surface area contributed by atoms with Crippen molar-refractivity contribution < 1.29 is 34.0 Å². The monoisotopic (exact) mass is 246 g/mol. The average Bonchev–Trinajstić information content (AvgIpc) is 0.918. The molecule has 0 unspecified atom stereocenters. The summed E-state index contributed by atoms with van der Waals surface area (Å²) in [6.45, 7) is 0. The molecule has 0 bridgehead atoms. The Morgan fingerprint density at radius 1 is 1.25 bits per heavy atom. The largest absolute Gasteiger partial charge is 0.0209 e. The van der Waals surface area contributed by atoms with Crippen molar-refractivity contribution in [2.24, 2.45) is 0 Å². The van der Waals surface area contributed by atoms with Crippen LogP contribution in [0.1, 0.15) is 0 Å². The van der Waals surface area contributed by atoms with Crippen LogP contribution >= 0.6 is 0 Å². The Kier molecular flexibility index (Phi) is 21.7. The Morgan fingerprint density at radius 3 is 1.25 bits per heavy atom. The summed E-state index contributed by atoms with van der Waals surface area (Å²) in [6, 6.07) is 0. The van der Waals surface area contributed by atoms with E-state index < -0.39 is 0 Å². The van der Waals surface area contributed by atoms with Gasteiger partial charge in [-0.05, 0) is 9.05 Å². The van der Waals surface area contributed by atoms with Crippen LogP contribution in [0.25, 0.3) is 0 Å². The van der Waals surface area contributed by atoms with Gasteiger partial charge < -0.3 is 0 Å². The van der Waals surface area contributed by atoms with Gasteiger partial charge in [0.25, 0.3) is 0 Å². The molecule has 0 aliphatic carbocycles. The van der Waals surface area contributed by atoms with Crippen LogP contribution in [-0.2, 0) is 24.9 Å². The molecule has 0 aromatic heterocycles.